The van der Waals surface area contributed by atoms with E-state index in [4.69, 9.17) is 19.2 Å². The van der Waals surface area contributed by atoms with E-state index in [1.165, 1.54) is 0 Å². The van der Waals surface area contributed by atoms with Crippen molar-refractivity contribution in [3.8, 4) is 0 Å². The molecular formula is C21H38O6. The molecule has 0 aromatic carbocycles. The van der Waals surface area contributed by atoms with Crippen LogP contribution >= 0.6 is 0 Å². The first-order valence-electron chi connectivity index (χ1n) is 10.3. The predicted octanol–water partition coefficient (Wildman–Crippen LogP) is 3.96. The first kappa shape index (κ1) is 24.1. The van der Waals surface area contributed by atoms with Gasteiger partial charge in [0.05, 0.1) is 19.1 Å². The molecule has 0 aliphatic carbocycles. The molecule has 1 heterocycles. The van der Waals surface area contributed by atoms with Crippen LogP contribution in [0.4, 0.5) is 0 Å². The predicted molar refractivity (Wildman–Crippen MR) is 104 cm³/mol. The number of aliphatic hydroxyl groups excluding tert-OH is 1. The average molecular weight is 387 g/mol. The van der Waals surface area contributed by atoms with Crippen molar-refractivity contribution in [1.82, 2.24) is 0 Å². The molecule has 1 fully saturated rings. The van der Waals surface area contributed by atoms with Crippen LogP contribution in [-0.2, 0) is 24.0 Å². The van der Waals surface area contributed by atoms with Gasteiger partial charge in [-0.15, -0.1) is 0 Å². The summed E-state index contributed by atoms with van der Waals surface area (Å²) in [5.74, 6) is -0.0709. The highest BCUT2D eigenvalue weighted by atomic mass is 17.2. The van der Waals surface area contributed by atoms with Crippen LogP contribution in [0.5, 0.6) is 0 Å². The molecule has 6 heteroatoms. The zero-order valence-electron chi connectivity index (χ0n) is 17.8. The number of esters is 1. The topological polar surface area (TPSA) is 74.2 Å². The summed E-state index contributed by atoms with van der Waals surface area (Å²) < 4.78 is 10.6. The van der Waals surface area contributed by atoms with E-state index in [-0.39, 0.29) is 30.5 Å². The van der Waals surface area contributed by atoms with Crippen LogP contribution in [0.2, 0.25) is 0 Å². The molecule has 0 aromatic heterocycles. The van der Waals surface area contributed by atoms with Crippen molar-refractivity contribution in [2.24, 2.45) is 5.92 Å². The molecule has 158 valence electrons. The number of hydrogen-bond acceptors (Lipinski definition) is 6. The maximum absolute atomic E-state index is 11.8. The molecule has 1 saturated heterocycles. The summed E-state index contributed by atoms with van der Waals surface area (Å²) in [4.78, 5) is 23.4. The zero-order chi connectivity index (χ0) is 20.4. The van der Waals surface area contributed by atoms with Crippen LogP contribution in [0, 0.1) is 5.92 Å². The van der Waals surface area contributed by atoms with Crippen molar-refractivity contribution in [1.29, 1.82) is 0 Å². The van der Waals surface area contributed by atoms with E-state index < -0.39 is 11.7 Å². The molecule has 27 heavy (non-hydrogen) atoms. The Hall–Kier alpha value is -0.950. The highest BCUT2D eigenvalue weighted by Crippen LogP contribution is 2.39. The first-order chi connectivity index (χ1) is 12.9. The lowest BCUT2D eigenvalue weighted by molar-refractivity contribution is -0.410. The second-order valence-electron chi connectivity index (χ2n) is 7.22. The molecule has 1 aliphatic heterocycles. The van der Waals surface area contributed by atoms with Crippen molar-refractivity contribution < 1.29 is 29.1 Å². The minimum absolute atomic E-state index is 0.189. The van der Waals surface area contributed by atoms with Gasteiger partial charge in [-0.25, -0.2) is 9.78 Å². The molecule has 2 unspecified atom stereocenters. The van der Waals surface area contributed by atoms with Crippen LogP contribution < -0.4 is 0 Å². The molecule has 1 rings (SSSR count). The van der Waals surface area contributed by atoms with Gasteiger partial charge in [0, 0.05) is 7.11 Å². The minimum atomic E-state index is -0.582. The standard InChI is InChI=1S/C21H38O6/c1-7-15-13-21(10-4,27-26-18(15)12-19(23)25-11-5)14-16(8-2)20(24-6)17(22)9-3/h14-15,17-18,20,22H,7-13H2,1-6H3/b16-14+/t15-,17?,18-,20?,21+/m0/s1. The third-order valence-electron chi connectivity index (χ3n) is 5.51. The van der Waals surface area contributed by atoms with Gasteiger partial charge in [0.15, 0.2) is 0 Å². The summed E-state index contributed by atoms with van der Waals surface area (Å²) in [6.45, 7) is 10.3. The third-order valence-corrected chi connectivity index (χ3v) is 5.51. The van der Waals surface area contributed by atoms with Crippen LogP contribution in [0.25, 0.3) is 0 Å². The van der Waals surface area contributed by atoms with Crippen molar-refractivity contribution in [3.63, 3.8) is 0 Å². The van der Waals surface area contributed by atoms with Crippen molar-refractivity contribution in [3.05, 3.63) is 11.6 Å². The summed E-state index contributed by atoms with van der Waals surface area (Å²) in [5.41, 5.74) is 0.428. The quantitative estimate of drug-likeness (QED) is 0.329. The first-order valence-corrected chi connectivity index (χ1v) is 10.3. The Kier molecular flexibility index (Phi) is 10.5. The Balaban J connectivity index is 3.01. The van der Waals surface area contributed by atoms with Crippen molar-refractivity contribution >= 4 is 5.97 Å². The Morgan fingerprint density at radius 1 is 1.30 bits per heavy atom. The van der Waals surface area contributed by atoms with Gasteiger partial charge in [-0.1, -0.05) is 34.1 Å². The van der Waals surface area contributed by atoms with E-state index in [9.17, 15) is 9.90 Å². The second-order valence-corrected chi connectivity index (χ2v) is 7.22. The van der Waals surface area contributed by atoms with Gasteiger partial charge in [0.2, 0.25) is 0 Å². The molecule has 6 nitrogen and oxygen atoms in total. The third kappa shape index (κ3) is 6.56. The van der Waals surface area contributed by atoms with Crippen LogP contribution in [0.15, 0.2) is 11.6 Å². The fourth-order valence-electron chi connectivity index (χ4n) is 3.72. The van der Waals surface area contributed by atoms with Gasteiger partial charge in [-0.3, -0.25) is 4.79 Å². The minimum Gasteiger partial charge on any atom is -0.466 e. The van der Waals surface area contributed by atoms with Crippen LogP contribution in [0.3, 0.4) is 0 Å². The summed E-state index contributed by atoms with van der Waals surface area (Å²) in [5, 5.41) is 10.3. The second kappa shape index (κ2) is 11.8. The van der Waals surface area contributed by atoms with Crippen molar-refractivity contribution in [2.45, 2.75) is 97.1 Å². The van der Waals surface area contributed by atoms with Gasteiger partial charge < -0.3 is 14.6 Å². The van der Waals surface area contributed by atoms with E-state index in [2.05, 4.69) is 19.9 Å². The Labute approximate surface area is 164 Å². The van der Waals surface area contributed by atoms with Crippen molar-refractivity contribution in [2.75, 3.05) is 13.7 Å². The average Bonchev–Trinajstić information content (AvgIpc) is 2.68. The largest absolute Gasteiger partial charge is 0.466 e. The SMILES string of the molecule is CCOC(=O)C[C@@H]1OO[C@](/C=C(\CC)C(OC)C(O)CC)(CC)C[C@@H]1CC. The molecule has 0 amide bonds. The lowest BCUT2D eigenvalue weighted by Crippen LogP contribution is -2.45. The zero-order valence-corrected chi connectivity index (χ0v) is 17.8. The van der Waals surface area contributed by atoms with E-state index in [0.29, 0.717) is 13.0 Å². The van der Waals surface area contributed by atoms with E-state index in [1.807, 2.05) is 13.8 Å². The number of aliphatic hydroxyl groups is 1. The maximum atomic E-state index is 11.8. The number of carbonyl (C=O) groups excluding carboxylic acids is 1. The monoisotopic (exact) mass is 386 g/mol. The Morgan fingerprint density at radius 3 is 2.48 bits per heavy atom. The van der Waals surface area contributed by atoms with Gasteiger partial charge in [0.1, 0.15) is 17.8 Å². The summed E-state index contributed by atoms with van der Waals surface area (Å²) >= 11 is 0. The van der Waals surface area contributed by atoms with Gasteiger partial charge in [0.25, 0.3) is 0 Å². The van der Waals surface area contributed by atoms with Gasteiger partial charge >= 0.3 is 5.97 Å². The molecule has 5 atom stereocenters. The number of carbonyl (C=O) groups is 1. The smallest absolute Gasteiger partial charge is 0.308 e. The lowest BCUT2D eigenvalue weighted by Gasteiger charge is -2.42. The van der Waals surface area contributed by atoms with Gasteiger partial charge in [-0.2, -0.15) is 0 Å². The summed E-state index contributed by atoms with van der Waals surface area (Å²) in [7, 11) is 1.62. The van der Waals surface area contributed by atoms with Gasteiger partial charge in [-0.05, 0) is 50.2 Å². The van der Waals surface area contributed by atoms with E-state index in [0.717, 1.165) is 31.3 Å². The molecule has 0 aromatic rings. The maximum Gasteiger partial charge on any atom is 0.308 e. The Morgan fingerprint density at radius 2 is 2.00 bits per heavy atom. The molecule has 0 bridgehead atoms. The normalized spacial score (nSPS) is 28.6. The Bertz CT molecular complexity index is 477. The number of hydrogen-bond donors (Lipinski definition) is 1. The number of rotatable bonds is 11. The molecule has 0 radical (unpaired) electrons. The van der Waals surface area contributed by atoms with E-state index in [1.54, 1.807) is 14.0 Å². The van der Waals surface area contributed by atoms with Crippen LogP contribution in [0.1, 0.15) is 73.1 Å². The number of methoxy groups -OCH3 is 1. The summed E-state index contributed by atoms with van der Waals surface area (Å²) in [6.07, 6.45) is 4.80. The van der Waals surface area contributed by atoms with E-state index >= 15 is 0 Å². The fraction of sp³-hybridized carbons (Fsp3) is 0.857. The molecule has 0 saturated carbocycles. The highest BCUT2D eigenvalue weighted by Gasteiger charge is 2.42. The number of ether oxygens (including phenoxy) is 2. The lowest BCUT2D eigenvalue weighted by atomic mass is 9.80. The summed E-state index contributed by atoms with van der Waals surface area (Å²) in [6, 6.07) is 0. The fourth-order valence-corrected chi connectivity index (χ4v) is 3.72. The van der Waals surface area contributed by atoms with Crippen LogP contribution in [-0.4, -0.2) is 48.7 Å². The molecule has 1 aliphatic rings. The molecule has 0 spiro atoms. The molecule has 1 N–H and O–H groups in total. The molecular weight excluding hydrogens is 348 g/mol. The highest BCUT2D eigenvalue weighted by molar-refractivity contribution is 5.70.